The highest BCUT2D eigenvalue weighted by atomic mass is 32.1. The van der Waals surface area contributed by atoms with E-state index in [2.05, 4.69) is 20.8 Å². The summed E-state index contributed by atoms with van der Waals surface area (Å²) in [6, 6.07) is 0. The average Bonchev–Trinajstić information content (AvgIpc) is 2.44. The van der Waals surface area contributed by atoms with E-state index >= 15 is 0 Å². The molecular weight excluding hydrogens is 256 g/mol. The summed E-state index contributed by atoms with van der Waals surface area (Å²) in [6.45, 7) is 8.45. The fraction of sp³-hybridized carbons (Fsp3) is 0.867. The molecule has 1 saturated carbocycles. The Balaban J connectivity index is 2.09. The highest BCUT2D eigenvalue weighted by Gasteiger charge is 2.52. The lowest BCUT2D eigenvalue weighted by Crippen LogP contribution is -2.57. The van der Waals surface area contributed by atoms with Gasteiger partial charge in [0.2, 0.25) is 5.91 Å². The minimum atomic E-state index is -0.525. The summed E-state index contributed by atoms with van der Waals surface area (Å²) in [5, 5.41) is 0. The van der Waals surface area contributed by atoms with Crippen molar-refractivity contribution in [3.8, 4) is 0 Å². The van der Waals surface area contributed by atoms with E-state index in [0.717, 1.165) is 38.8 Å². The zero-order valence-corrected chi connectivity index (χ0v) is 13.2. The van der Waals surface area contributed by atoms with Gasteiger partial charge in [-0.25, -0.2) is 0 Å². The molecule has 2 fully saturated rings. The van der Waals surface area contributed by atoms with Gasteiger partial charge in [0.05, 0.1) is 10.4 Å². The van der Waals surface area contributed by atoms with Crippen LogP contribution in [0.15, 0.2) is 0 Å². The molecule has 3 nitrogen and oxygen atoms in total. The van der Waals surface area contributed by atoms with Crippen molar-refractivity contribution in [3.05, 3.63) is 0 Å². The molecule has 0 aromatic carbocycles. The van der Waals surface area contributed by atoms with Crippen LogP contribution in [0.1, 0.15) is 52.9 Å². The maximum absolute atomic E-state index is 12.8. The molecule has 1 aliphatic carbocycles. The number of carbonyl (C=O) groups is 1. The van der Waals surface area contributed by atoms with E-state index in [4.69, 9.17) is 18.0 Å². The number of amides is 1. The van der Waals surface area contributed by atoms with E-state index in [1.54, 1.807) is 0 Å². The molecule has 0 spiro atoms. The van der Waals surface area contributed by atoms with Crippen molar-refractivity contribution < 1.29 is 4.79 Å². The highest BCUT2D eigenvalue weighted by molar-refractivity contribution is 7.80. The maximum atomic E-state index is 12.8. The number of nitrogens with two attached hydrogens (primary N) is 1. The molecule has 1 aliphatic heterocycles. The topological polar surface area (TPSA) is 46.3 Å². The predicted molar refractivity (Wildman–Crippen MR) is 81.8 cm³/mol. The first kappa shape index (κ1) is 14.8. The highest BCUT2D eigenvalue weighted by Crippen LogP contribution is 2.47. The largest absolute Gasteiger partial charge is 0.392 e. The number of carbonyl (C=O) groups excluding carboxylic acids is 1. The minimum Gasteiger partial charge on any atom is -0.392 e. The number of hydrogen-bond donors (Lipinski definition) is 1. The summed E-state index contributed by atoms with van der Waals surface area (Å²) < 4.78 is 0. The van der Waals surface area contributed by atoms with Crippen LogP contribution < -0.4 is 5.73 Å². The van der Waals surface area contributed by atoms with Crippen LogP contribution in [0.4, 0.5) is 0 Å². The van der Waals surface area contributed by atoms with Crippen LogP contribution >= 0.6 is 12.2 Å². The molecule has 1 heterocycles. The summed E-state index contributed by atoms with van der Waals surface area (Å²) in [5.41, 5.74) is 5.70. The second-order valence-corrected chi connectivity index (χ2v) is 7.71. The van der Waals surface area contributed by atoms with Crippen LogP contribution in [0.25, 0.3) is 0 Å². The van der Waals surface area contributed by atoms with Crippen LogP contribution in [-0.2, 0) is 4.79 Å². The molecule has 1 saturated heterocycles. The molecule has 2 aliphatic rings. The van der Waals surface area contributed by atoms with Crippen LogP contribution in [0.2, 0.25) is 0 Å². The first-order valence-corrected chi connectivity index (χ1v) is 7.77. The molecule has 0 bridgehead atoms. The van der Waals surface area contributed by atoms with Crippen molar-refractivity contribution >= 4 is 23.1 Å². The SMILES string of the molecule is CC1CC(C(=O)N2CCCC(C)(C)CC2)(C(N)=S)C1. The van der Waals surface area contributed by atoms with E-state index in [1.165, 1.54) is 6.42 Å². The van der Waals surface area contributed by atoms with Gasteiger partial charge >= 0.3 is 0 Å². The van der Waals surface area contributed by atoms with Gasteiger partial charge in [0.1, 0.15) is 0 Å². The number of likely N-dealkylation sites (tertiary alicyclic amines) is 1. The van der Waals surface area contributed by atoms with Gasteiger partial charge in [-0.15, -0.1) is 0 Å². The van der Waals surface area contributed by atoms with Gasteiger partial charge in [-0.3, -0.25) is 4.79 Å². The second kappa shape index (κ2) is 5.04. The Bertz CT molecular complexity index is 386. The van der Waals surface area contributed by atoms with Crippen molar-refractivity contribution in [2.45, 2.75) is 52.9 Å². The van der Waals surface area contributed by atoms with Crippen molar-refractivity contribution in [3.63, 3.8) is 0 Å². The average molecular weight is 282 g/mol. The molecule has 4 heteroatoms. The van der Waals surface area contributed by atoms with Crippen molar-refractivity contribution in [2.75, 3.05) is 13.1 Å². The number of rotatable bonds is 2. The Labute approximate surface area is 121 Å². The van der Waals surface area contributed by atoms with Crippen LogP contribution in [-0.4, -0.2) is 28.9 Å². The van der Waals surface area contributed by atoms with Gasteiger partial charge < -0.3 is 10.6 Å². The fourth-order valence-electron chi connectivity index (χ4n) is 3.54. The molecule has 0 radical (unpaired) electrons. The number of thiocarbonyl (C=S) groups is 1. The smallest absolute Gasteiger partial charge is 0.235 e. The van der Waals surface area contributed by atoms with Gasteiger partial charge in [-0.2, -0.15) is 0 Å². The molecule has 108 valence electrons. The number of nitrogens with zero attached hydrogens (tertiary/aromatic N) is 1. The second-order valence-electron chi connectivity index (χ2n) is 7.27. The molecule has 1 amide bonds. The fourth-order valence-corrected chi connectivity index (χ4v) is 3.79. The molecule has 0 atom stereocenters. The van der Waals surface area contributed by atoms with Crippen molar-refractivity contribution in [1.82, 2.24) is 4.90 Å². The van der Waals surface area contributed by atoms with Gasteiger partial charge in [0.15, 0.2) is 0 Å². The zero-order valence-electron chi connectivity index (χ0n) is 12.4. The molecule has 0 aromatic rings. The van der Waals surface area contributed by atoms with E-state index in [9.17, 15) is 4.79 Å². The van der Waals surface area contributed by atoms with E-state index in [0.29, 0.717) is 16.3 Å². The van der Waals surface area contributed by atoms with E-state index in [-0.39, 0.29) is 5.91 Å². The van der Waals surface area contributed by atoms with Crippen LogP contribution in [0.5, 0.6) is 0 Å². The Morgan fingerprint density at radius 3 is 2.42 bits per heavy atom. The molecule has 0 aromatic heterocycles. The monoisotopic (exact) mass is 282 g/mol. The van der Waals surface area contributed by atoms with Crippen molar-refractivity contribution in [1.29, 1.82) is 0 Å². The summed E-state index contributed by atoms with van der Waals surface area (Å²) in [4.78, 5) is 15.2. The third kappa shape index (κ3) is 2.78. The van der Waals surface area contributed by atoms with Crippen LogP contribution in [0.3, 0.4) is 0 Å². The maximum Gasteiger partial charge on any atom is 0.235 e. The Morgan fingerprint density at radius 1 is 1.26 bits per heavy atom. The van der Waals surface area contributed by atoms with Gasteiger partial charge in [0, 0.05) is 13.1 Å². The first-order valence-electron chi connectivity index (χ1n) is 7.36. The van der Waals surface area contributed by atoms with E-state index < -0.39 is 5.41 Å². The minimum absolute atomic E-state index is 0.191. The molecule has 19 heavy (non-hydrogen) atoms. The van der Waals surface area contributed by atoms with Gasteiger partial charge in [-0.05, 0) is 43.4 Å². The van der Waals surface area contributed by atoms with E-state index in [1.807, 2.05) is 4.90 Å². The Kier molecular flexibility index (Phi) is 3.92. The Hall–Kier alpha value is -0.640. The molecule has 2 N–H and O–H groups in total. The van der Waals surface area contributed by atoms with Gasteiger partial charge in [0.25, 0.3) is 0 Å². The summed E-state index contributed by atoms with van der Waals surface area (Å²) in [5.74, 6) is 0.754. The third-order valence-electron chi connectivity index (χ3n) is 4.90. The zero-order chi connectivity index (χ0) is 14.3. The van der Waals surface area contributed by atoms with Crippen LogP contribution in [0, 0.1) is 16.7 Å². The quantitative estimate of drug-likeness (QED) is 0.792. The lowest BCUT2D eigenvalue weighted by Gasteiger charge is -2.46. The van der Waals surface area contributed by atoms with Crippen molar-refractivity contribution in [2.24, 2.45) is 22.5 Å². The third-order valence-corrected chi connectivity index (χ3v) is 5.29. The molecule has 2 rings (SSSR count). The first-order chi connectivity index (χ1) is 8.77. The molecule has 0 unspecified atom stereocenters. The standard InChI is InChI=1S/C15H26N2OS/c1-11-9-15(10-11,12(16)19)13(18)17-7-4-5-14(2,3)6-8-17/h11H,4-10H2,1-3H3,(H2,16,19). The predicted octanol–water partition coefficient (Wildman–Crippen LogP) is 2.73. The normalized spacial score (nSPS) is 34.3. The lowest BCUT2D eigenvalue weighted by molar-refractivity contribution is -0.144. The Morgan fingerprint density at radius 2 is 1.89 bits per heavy atom. The summed E-state index contributed by atoms with van der Waals surface area (Å²) in [7, 11) is 0. The molecular formula is C15H26N2OS. The summed E-state index contributed by atoms with van der Waals surface area (Å²) >= 11 is 5.19. The lowest BCUT2D eigenvalue weighted by atomic mass is 9.61. The van der Waals surface area contributed by atoms with Gasteiger partial charge in [-0.1, -0.05) is 33.0 Å². The summed E-state index contributed by atoms with van der Waals surface area (Å²) in [6.07, 6.45) is 5.01. The number of hydrogen-bond acceptors (Lipinski definition) is 2.